The SMILES string of the molecule is CCCCCOC(C)[N+](C)(O)C(C)OCCCCC. The van der Waals surface area contributed by atoms with Crippen molar-refractivity contribution in [2.45, 2.75) is 78.7 Å². The molecule has 2 unspecified atom stereocenters. The number of quaternary nitrogens is 1. The summed E-state index contributed by atoms with van der Waals surface area (Å²) in [5, 5.41) is 10.5. The number of unbranched alkanes of at least 4 members (excludes halogenated alkanes) is 4. The summed E-state index contributed by atoms with van der Waals surface area (Å²) in [4.78, 5) is 0. The second-order valence-corrected chi connectivity index (χ2v) is 5.45. The fourth-order valence-corrected chi connectivity index (χ4v) is 1.81. The summed E-state index contributed by atoms with van der Waals surface area (Å²) in [7, 11) is 1.75. The zero-order valence-corrected chi connectivity index (χ0v) is 13.5. The van der Waals surface area contributed by atoms with E-state index in [9.17, 15) is 5.21 Å². The van der Waals surface area contributed by atoms with Gasteiger partial charge in [0.05, 0.1) is 13.2 Å². The predicted octanol–water partition coefficient (Wildman–Crippen LogP) is 3.93. The molecular weight excluding hydrogens is 242 g/mol. The van der Waals surface area contributed by atoms with Gasteiger partial charge in [0.25, 0.3) is 0 Å². The molecule has 1 N–H and O–H groups in total. The molecule has 0 aliphatic carbocycles. The lowest BCUT2D eigenvalue weighted by atomic mass is 10.3. The lowest BCUT2D eigenvalue weighted by Gasteiger charge is -2.35. The fraction of sp³-hybridized carbons (Fsp3) is 1.00. The minimum absolute atomic E-state index is 0.238. The van der Waals surface area contributed by atoms with Gasteiger partial charge in [-0.15, -0.1) is 4.65 Å². The summed E-state index contributed by atoms with van der Waals surface area (Å²) in [6.07, 6.45) is 6.27. The topological polar surface area (TPSA) is 38.7 Å². The molecule has 0 aromatic carbocycles. The first kappa shape index (κ1) is 18.8. The van der Waals surface area contributed by atoms with Crippen molar-refractivity contribution >= 4 is 0 Å². The van der Waals surface area contributed by atoms with Crippen molar-refractivity contribution in [2.75, 3.05) is 20.3 Å². The first-order chi connectivity index (χ1) is 8.96. The Morgan fingerprint density at radius 2 is 1.21 bits per heavy atom. The minimum atomic E-state index is -0.266. The third-order valence-corrected chi connectivity index (χ3v) is 3.69. The molecule has 0 aliphatic rings. The van der Waals surface area contributed by atoms with Gasteiger partial charge in [-0.05, 0) is 12.8 Å². The van der Waals surface area contributed by atoms with E-state index < -0.39 is 0 Å². The van der Waals surface area contributed by atoms with Crippen LogP contribution < -0.4 is 0 Å². The number of hydroxylamine groups is 3. The predicted molar refractivity (Wildman–Crippen MR) is 77.8 cm³/mol. The zero-order valence-electron chi connectivity index (χ0n) is 13.5. The summed E-state index contributed by atoms with van der Waals surface area (Å²) in [6, 6.07) is 0. The molecule has 4 heteroatoms. The van der Waals surface area contributed by atoms with Gasteiger partial charge in [-0.25, -0.2) is 5.21 Å². The molecular formula is C15H34NO3+. The first-order valence-corrected chi connectivity index (χ1v) is 7.78. The minimum Gasteiger partial charge on any atom is -0.327 e. The second kappa shape index (κ2) is 10.6. The van der Waals surface area contributed by atoms with Gasteiger partial charge < -0.3 is 9.47 Å². The molecule has 2 atom stereocenters. The molecule has 0 saturated carbocycles. The van der Waals surface area contributed by atoms with E-state index in [-0.39, 0.29) is 17.1 Å². The number of hydrogen-bond acceptors (Lipinski definition) is 3. The van der Waals surface area contributed by atoms with Crippen LogP contribution in [0.2, 0.25) is 0 Å². The molecule has 0 radical (unpaired) electrons. The highest BCUT2D eigenvalue weighted by Gasteiger charge is 2.35. The smallest absolute Gasteiger partial charge is 0.221 e. The molecule has 0 heterocycles. The van der Waals surface area contributed by atoms with Gasteiger partial charge in [0, 0.05) is 13.8 Å². The van der Waals surface area contributed by atoms with Crippen molar-refractivity contribution < 1.29 is 19.3 Å². The Kier molecular flexibility index (Phi) is 10.5. The van der Waals surface area contributed by atoms with Crippen molar-refractivity contribution in [3.05, 3.63) is 0 Å². The molecule has 0 saturated heterocycles. The molecule has 0 aromatic rings. The number of rotatable bonds is 12. The van der Waals surface area contributed by atoms with E-state index in [4.69, 9.17) is 9.47 Å². The third-order valence-electron chi connectivity index (χ3n) is 3.69. The Hall–Kier alpha value is -0.160. The lowest BCUT2D eigenvalue weighted by molar-refractivity contribution is -1.15. The van der Waals surface area contributed by atoms with Crippen LogP contribution in [-0.2, 0) is 9.47 Å². The summed E-state index contributed by atoms with van der Waals surface area (Å²) >= 11 is 0. The average molecular weight is 276 g/mol. The monoisotopic (exact) mass is 276 g/mol. The molecule has 0 rings (SSSR count). The number of hydrogen-bond donors (Lipinski definition) is 1. The highest BCUT2D eigenvalue weighted by molar-refractivity contribution is 4.42. The Labute approximate surface area is 119 Å². The van der Waals surface area contributed by atoms with Crippen LogP contribution >= 0.6 is 0 Å². The second-order valence-electron chi connectivity index (χ2n) is 5.45. The Balaban J connectivity index is 3.96. The molecule has 0 amide bonds. The van der Waals surface area contributed by atoms with Crippen LogP contribution in [0.4, 0.5) is 0 Å². The van der Waals surface area contributed by atoms with E-state index in [0.29, 0.717) is 13.2 Å². The third kappa shape index (κ3) is 7.88. The normalized spacial score (nSPS) is 18.0. The fourth-order valence-electron chi connectivity index (χ4n) is 1.81. The molecule has 0 spiro atoms. The lowest BCUT2D eigenvalue weighted by Crippen LogP contribution is -2.56. The maximum atomic E-state index is 10.5. The number of ether oxygens (including phenoxy) is 2. The van der Waals surface area contributed by atoms with E-state index in [0.717, 1.165) is 12.8 Å². The number of nitrogens with zero attached hydrogens (tertiary/aromatic N) is 1. The zero-order chi connectivity index (χ0) is 14.7. The van der Waals surface area contributed by atoms with Crippen LogP contribution in [0, 0.1) is 0 Å². The highest BCUT2D eigenvalue weighted by atomic mass is 16.7. The largest absolute Gasteiger partial charge is 0.327 e. The van der Waals surface area contributed by atoms with E-state index in [1.807, 2.05) is 13.8 Å². The van der Waals surface area contributed by atoms with Gasteiger partial charge in [-0.1, -0.05) is 39.5 Å². The molecule has 116 valence electrons. The average Bonchev–Trinajstić information content (AvgIpc) is 2.39. The Morgan fingerprint density at radius 3 is 1.53 bits per heavy atom. The molecule has 0 fully saturated rings. The van der Waals surface area contributed by atoms with Gasteiger partial charge >= 0.3 is 0 Å². The van der Waals surface area contributed by atoms with Crippen LogP contribution in [0.1, 0.15) is 66.2 Å². The van der Waals surface area contributed by atoms with Gasteiger partial charge in [0.15, 0.2) is 0 Å². The summed E-state index contributed by atoms with van der Waals surface area (Å²) < 4.78 is 11.2. The van der Waals surface area contributed by atoms with Crippen LogP contribution in [0.25, 0.3) is 0 Å². The van der Waals surface area contributed by atoms with Crippen molar-refractivity contribution in [2.24, 2.45) is 0 Å². The van der Waals surface area contributed by atoms with Gasteiger partial charge in [0.1, 0.15) is 7.05 Å². The van der Waals surface area contributed by atoms with E-state index in [1.54, 1.807) is 7.05 Å². The van der Waals surface area contributed by atoms with Crippen molar-refractivity contribution in [1.29, 1.82) is 0 Å². The van der Waals surface area contributed by atoms with E-state index >= 15 is 0 Å². The maximum absolute atomic E-state index is 10.5. The molecule has 0 aromatic heterocycles. The van der Waals surface area contributed by atoms with Gasteiger partial charge in [-0.3, -0.25) is 0 Å². The Bertz CT molecular complexity index is 190. The van der Waals surface area contributed by atoms with Crippen molar-refractivity contribution in [3.8, 4) is 0 Å². The van der Waals surface area contributed by atoms with Gasteiger partial charge in [0.2, 0.25) is 12.5 Å². The van der Waals surface area contributed by atoms with E-state index in [1.165, 1.54) is 25.7 Å². The van der Waals surface area contributed by atoms with Crippen molar-refractivity contribution in [3.63, 3.8) is 0 Å². The van der Waals surface area contributed by atoms with Crippen LogP contribution in [0.5, 0.6) is 0 Å². The summed E-state index contributed by atoms with van der Waals surface area (Å²) in [6.45, 7) is 9.54. The van der Waals surface area contributed by atoms with Crippen molar-refractivity contribution in [1.82, 2.24) is 0 Å². The van der Waals surface area contributed by atoms with Gasteiger partial charge in [-0.2, -0.15) is 0 Å². The standard InChI is InChI=1S/C15H34NO3/c1-6-8-10-12-18-14(3)16(5,17)15(4)19-13-11-9-7-2/h14-15,17H,6-13H2,1-5H3/q+1. The summed E-state index contributed by atoms with van der Waals surface area (Å²) in [5.74, 6) is 0. The molecule has 4 nitrogen and oxygen atoms in total. The first-order valence-electron chi connectivity index (χ1n) is 7.78. The van der Waals surface area contributed by atoms with E-state index in [2.05, 4.69) is 13.8 Å². The highest BCUT2D eigenvalue weighted by Crippen LogP contribution is 2.16. The van der Waals surface area contributed by atoms with Crippen LogP contribution in [-0.4, -0.2) is 42.6 Å². The van der Waals surface area contributed by atoms with Crippen LogP contribution in [0.3, 0.4) is 0 Å². The molecule has 19 heavy (non-hydrogen) atoms. The van der Waals surface area contributed by atoms with Crippen LogP contribution in [0.15, 0.2) is 0 Å². The quantitative estimate of drug-likeness (QED) is 0.254. The maximum Gasteiger partial charge on any atom is 0.221 e. The molecule has 0 bridgehead atoms. The molecule has 0 aliphatic heterocycles. The Morgan fingerprint density at radius 1 is 0.842 bits per heavy atom. The summed E-state index contributed by atoms with van der Waals surface area (Å²) in [5.41, 5.74) is 0.